The maximum Gasteiger partial charge on any atom is 0.260 e. The number of aryl methyl sites for hydroxylation is 2. The summed E-state index contributed by atoms with van der Waals surface area (Å²) in [7, 11) is 1.93. The number of rotatable bonds is 4. The van der Waals surface area contributed by atoms with Crippen molar-refractivity contribution in [2.75, 3.05) is 13.7 Å². The van der Waals surface area contributed by atoms with E-state index in [9.17, 15) is 4.79 Å². The third-order valence-electron chi connectivity index (χ3n) is 6.68. The highest BCUT2D eigenvalue weighted by Gasteiger charge is 2.36. The molecule has 1 amide bonds. The average molecular weight is 368 g/mol. The Morgan fingerprint density at radius 1 is 1.22 bits per heavy atom. The summed E-state index contributed by atoms with van der Waals surface area (Å²) in [5, 5.41) is 4.78. The number of ether oxygens (including phenoxy) is 1. The summed E-state index contributed by atoms with van der Waals surface area (Å²) in [6.07, 6.45) is 9.14. The average Bonchev–Trinajstić information content (AvgIpc) is 3.24. The van der Waals surface area contributed by atoms with Crippen molar-refractivity contribution in [3.8, 4) is 5.75 Å². The van der Waals surface area contributed by atoms with Gasteiger partial charge in [0.2, 0.25) is 0 Å². The molecule has 2 aromatic rings. The van der Waals surface area contributed by atoms with Crippen LogP contribution in [-0.2, 0) is 17.6 Å². The molecule has 5 nitrogen and oxygen atoms in total. The second kappa shape index (κ2) is 6.86. The molecule has 0 spiro atoms. The van der Waals surface area contributed by atoms with Crippen LogP contribution in [-0.4, -0.2) is 42.6 Å². The lowest BCUT2D eigenvalue weighted by atomic mass is 9.96. The molecule has 144 valence electrons. The van der Waals surface area contributed by atoms with E-state index >= 15 is 0 Å². The summed E-state index contributed by atoms with van der Waals surface area (Å²) >= 11 is 0. The largest absolute Gasteiger partial charge is 0.484 e. The van der Waals surface area contributed by atoms with Gasteiger partial charge in [0.1, 0.15) is 17.1 Å². The van der Waals surface area contributed by atoms with Crippen molar-refractivity contribution in [3.63, 3.8) is 0 Å². The van der Waals surface area contributed by atoms with E-state index in [1.165, 1.54) is 31.2 Å². The number of carbonyl (C=O) groups is 1. The zero-order chi connectivity index (χ0) is 18.4. The van der Waals surface area contributed by atoms with Gasteiger partial charge in [-0.3, -0.25) is 4.79 Å². The molecule has 2 aliphatic heterocycles. The molecule has 27 heavy (non-hydrogen) atoms. The van der Waals surface area contributed by atoms with E-state index in [1.807, 2.05) is 30.1 Å². The zero-order valence-electron chi connectivity index (χ0n) is 16.0. The lowest BCUT2D eigenvalue weighted by Gasteiger charge is -2.35. The molecule has 1 aromatic carbocycles. The first-order valence-electron chi connectivity index (χ1n) is 10.4. The molecule has 2 atom stereocenters. The van der Waals surface area contributed by atoms with Crippen LogP contribution in [0.2, 0.25) is 0 Å². The number of piperidine rings is 1. The molecule has 2 saturated heterocycles. The van der Waals surface area contributed by atoms with Gasteiger partial charge in [-0.15, -0.1) is 0 Å². The molecule has 5 rings (SSSR count). The van der Waals surface area contributed by atoms with Gasteiger partial charge >= 0.3 is 0 Å². The predicted molar refractivity (Wildman–Crippen MR) is 104 cm³/mol. The molecule has 1 aromatic heterocycles. The molecule has 3 aliphatic rings. The van der Waals surface area contributed by atoms with E-state index in [0.717, 1.165) is 48.2 Å². The SMILES string of the molecule is CN(C(=O)COc1ccc2oc3c(c2c1)CCCC3)C1CC2CCC(C1)N2. The highest BCUT2D eigenvalue weighted by atomic mass is 16.5. The number of furan rings is 1. The van der Waals surface area contributed by atoms with Crippen molar-refractivity contribution >= 4 is 16.9 Å². The second-order valence-electron chi connectivity index (χ2n) is 8.43. The van der Waals surface area contributed by atoms with Crippen molar-refractivity contribution in [1.82, 2.24) is 10.2 Å². The molecule has 5 heteroatoms. The van der Waals surface area contributed by atoms with Crippen molar-refractivity contribution in [2.45, 2.75) is 69.5 Å². The van der Waals surface area contributed by atoms with E-state index in [4.69, 9.17) is 9.15 Å². The Morgan fingerprint density at radius 3 is 2.81 bits per heavy atom. The lowest BCUT2D eigenvalue weighted by molar-refractivity contribution is -0.134. The lowest BCUT2D eigenvalue weighted by Crippen LogP contribution is -2.49. The van der Waals surface area contributed by atoms with Crippen LogP contribution >= 0.6 is 0 Å². The molecular formula is C22H28N2O3. The third kappa shape index (κ3) is 3.22. The van der Waals surface area contributed by atoms with E-state index < -0.39 is 0 Å². The van der Waals surface area contributed by atoms with Crippen LogP contribution in [0.1, 0.15) is 49.8 Å². The summed E-state index contributed by atoms with van der Waals surface area (Å²) in [4.78, 5) is 14.6. The second-order valence-corrected chi connectivity index (χ2v) is 8.43. The highest BCUT2D eigenvalue weighted by molar-refractivity contribution is 5.84. The van der Waals surface area contributed by atoms with E-state index in [0.29, 0.717) is 18.1 Å². The van der Waals surface area contributed by atoms with Crippen molar-refractivity contribution in [2.24, 2.45) is 0 Å². The maximum atomic E-state index is 12.7. The van der Waals surface area contributed by atoms with Crippen molar-refractivity contribution < 1.29 is 13.9 Å². The van der Waals surface area contributed by atoms with Gasteiger partial charge in [0, 0.05) is 42.5 Å². The molecule has 1 aliphatic carbocycles. The summed E-state index contributed by atoms with van der Waals surface area (Å²) < 4.78 is 11.8. The minimum Gasteiger partial charge on any atom is -0.484 e. The van der Waals surface area contributed by atoms with Gasteiger partial charge in [-0.25, -0.2) is 0 Å². The number of hydrogen-bond donors (Lipinski definition) is 1. The highest BCUT2D eigenvalue weighted by Crippen LogP contribution is 2.34. The molecular weight excluding hydrogens is 340 g/mol. The molecule has 2 unspecified atom stereocenters. The van der Waals surface area contributed by atoms with E-state index in [1.54, 1.807) is 0 Å². The molecule has 1 N–H and O–H groups in total. The van der Waals surface area contributed by atoms with Gasteiger partial charge in [-0.1, -0.05) is 0 Å². The summed E-state index contributed by atoms with van der Waals surface area (Å²) in [6, 6.07) is 7.43. The molecule has 2 bridgehead atoms. The monoisotopic (exact) mass is 368 g/mol. The van der Waals surface area contributed by atoms with Gasteiger partial charge < -0.3 is 19.4 Å². The Morgan fingerprint density at radius 2 is 2.00 bits per heavy atom. The normalized spacial score (nSPS) is 26.8. The van der Waals surface area contributed by atoms with Crippen LogP contribution in [0.3, 0.4) is 0 Å². The van der Waals surface area contributed by atoms with Crippen LogP contribution in [0, 0.1) is 0 Å². The third-order valence-corrected chi connectivity index (χ3v) is 6.68. The number of likely N-dealkylation sites (N-methyl/N-ethyl adjacent to an activating group) is 1. The molecule has 0 saturated carbocycles. The first-order valence-corrected chi connectivity index (χ1v) is 10.4. The number of carbonyl (C=O) groups excluding carboxylic acids is 1. The van der Waals surface area contributed by atoms with Crippen LogP contribution in [0.15, 0.2) is 22.6 Å². The number of nitrogens with zero attached hydrogens (tertiary/aromatic N) is 1. The molecule has 3 heterocycles. The summed E-state index contributed by atoms with van der Waals surface area (Å²) in [5.74, 6) is 1.95. The van der Waals surface area contributed by atoms with Crippen molar-refractivity contribution in [1.29, 1.82) is 0 Å². The van der Waals surface area contributed by atoms with Gasteiger partial charge in [-0.2, -0.15) is 0 Å². The fourth-order valence-electron chi connectivity index (χ4n) is 5.13. The van der Waals surface area contributed by atoms with E-state index in [2.05, 4.69) is 5.32 Å². The number of benzene rings is 1. The fourth-order valence-corrected chi connectivity index (χ4v) is 5.13. The van der Waals surface area contributed by atoms with Gasteiger partial charge in [0.15, 0.2) is 6.61 Å². The van der Waals surface area contributed by atoms with Crippen LogP contribution in [0.5, 0.6) is 5.75 Å². The number of amides is 1. The van der Waals surface area contributed by atoms with Crippen LogP contribution in [0.4, 0.5) is 0 Å². The van der Waals surface area contributed by atoms with Crippen LogP contribution in [0.25, 0.3) is 11.0 Å². The first-order chi connectivity index (χ1) is 13.2. The van der Waals surface area contributed by atoms with Gasteiger partial charge in [0.25, 0.3) is 5.91 Å². The van der Waals surface area contributed by atoms with Crippen molar-refractivity contribution in [3.05, 3.63) is 29.5 Å². The summed E-state index contributed by atoms with van der Waals surface area (Å²) in [5.41, 5.74) is 2.26. The maximum absolute atomic E-state index is 12.7. The molecule has 0 radical (unpaired) electrons. The summed E-state index contributed by atoms with van der Waals surface area (Å²) in [6.45, 7) is 0.0985. The predicted octanol–water partition coefficient (Wildman–Crippen LogP) is 3.43. The Balaban J connectivity index is 1.24. The Hall–Kier alpha value is -2.01. The minimum atomic E-state index is 0.0654. The standard InChI is InChI=1S/C22H28N2O3/c1-24(16-10-14-6-7-15(11-16)23-14)22(25)13-26-17-8-9-21-19(12-17)18-4-2-3-5-20(18)27-21/h8-9,12,14-16,23H,2-7,10-11,13H2,1H3. The van der Waals surface area contributed by atoms with E-state index in [-0.39, 0.29) is 12.5 Å². The Bertz CT molecular complexity index is 847. The Labute approximate surface area is 160 Å². The number of hydrogen-bond acceptors (Lipinski definition) is 4. The fraction of sp³-hybridized carbons (Fsp3) is 0.591. The molecule has 2 fully saturated rings. The van der Waals surface area contributed by atoms with Gasteiger partial charge in [-0.05, 0) is 63.1 Å². The zero-order valence-corrected chi connectivity index (χ0v) is 16.0. The topological polar surface area (TPSA) is 54.7 Å². The minimum absolute atomic E-state index is 0.0654. The smallest absolute Gasteiger partial charge is 0.260 e. The number of nitrogens with one attached hydrogen (secondary N) is 1. The van der Waals surface area contributed by atoms with Gasteiger partial charge in [0.05, 0.1) is 0 Å². The number of fused-ring (bicyclic) bond motifs is 5. The Kier molecular flexibility index (Phi) is 4.35. The quantitative estimate of drug-likeness (QED) is 0.898. The first kappa shape index (κ1) is 17.1. The van der Waals surface area contributed by atoms with Crippen LogP contribution < -0.4 is 10.1 Å².